The number of carboxylic acids is 1. The molecule has 2 aromatic carbocycles. The molecule has 3 N–H and O–H groups in total. The van der Waals surface area contributed by atoms with Crippen molar-refractivity contribution in [1.82, 2.24) is 4.90 Å². The molecule has 1 aliphatic heterocycles. The Bertz CT molecular complexity index is 966. The summed E-state index contributed by atoms with van der Waals surface area (Å²) in [5.74, 6) is -2.02. The molecule has 156 valence electrons. The monoisotopic (exact) mass is 410 g/mol. The van der Waals surface area contributed by atoms with Crippen molar-refractivity contribution in [3.63, 3.8) is 0 Å². The van der Waals surface area contributed by atoms with Crippen molar-refractivity contribution in [2.75, 3.05) is 11.9 Å². The third-order valence-corrected chi connectivity index (χ3v) is 4.85. The fourth-order valence-corrected chi connectivity index (χ4v) is 3.36. The Kier molecular flexibility index (Phi) is 6.46. The number of carbonyl (C=O) groups is 4. The largest absolute Gasteiger partial charge is 0.506 e. The highest BCUT2D eigenvalue weighted by Gasteiger charge is 2.34. The standard InChI is InChI=1S/C22H22N2O6/c25-18-10-9-14(13-20(27)28)12-17(18)23-19(26)8-2-1-5-11-24-21(29)15-6-3-4-7-16(15)22(24)30/h3-4,6-7,9-10,12,25H,1-2,5,8,11,13H2,(H,23,26)(H,27,28). The number of anilines is 1. The van der Waals surface area contributed by atoms with Crippen LogP contribution in [0.2, 0.25) is 0 Å². The number of fused-ring (bicyclic) bond motifs is 1. The minimum atomic E-state index is -1.00. The highest BCUT2D eigenvalue weighted by molar-refractivity contribution is 6.21. The average molecular weight is 410 g/mol. The molecule has 0 spiro atoms. The van der Waals surface area contributed by atoms with Crippen LogP contribution in [0.4, 0.5) is 5.69 Å². The molecule has 0 bridgehead atoms. The van der Waals surface area contributed by atoms with Gasteiger partial charge in [0.25, 0.3) is 11.8 Å². The molecule has 0 fully saturated rings. The predicted octanol–water partition coefficient (Wildman–Crippen LogP) is 2.81. The van der Waals surface area contributed by atoms with Crippen LogP contribution in [-0.2, 0) is 16.0 Å². The lowest BCUT2D eigenvalue weighted by Gasteiger charge is -2.13. The molecule has 1 heterocycles. The number of benzene rings is 2. The van der Waals surface area contributed by atoms with E-state index in [4.69, 9.17) is 5.11 Å². The van der Waals surface area contributed by atoms with Gasteiger partial charge >= 0.3 is 5.97 Å². The first-order valence-electron chi connectivity index (χ1n) is 9.65. The quantitative estimate of drug-likeness (QED) is 0.332. The SMILES string of the molecule is O=C(O)Cc1ccc(O)c(NC(=O)CCCCCN2C(=O)c3ccccc3C2=O)c1. The first kappa shape index (κ1) is 21.0. The number of imide groups is 1. The van der Waals surface area contributed by atoms with E-state index in [1.807, 2.05) is 0 Å². The third-order valence-electron chi connectivity index (χ3n) is 4.85. The number of amides is 3. The van der Waals surface area contributed by atoms with Gasteiger partial charge in [-0.1, -0.05) is 24.6 Å². The van der Waals surface area contributed by atoms with Crippen LogP contribution >= 0.6 is 0 Å². The van der Waals surface area contributed by atoms with Crippen molar-refractivity contribution in [1.29, 1.82) is 0 Å². The number of aliphatic carboxylic acids is 1. The maximum atomic E-state index is 12.3. The number of nitrogens with zero attached hydrogens (tertiary/aromatic N) is 1. The summed E-state index contributed by atoms with van der Waals surface area (Å²) in [4.78, 5) is 48.7. The highest BCUT2D eigenvalue weighted by Crippen LogP contribution is 2.25. The molecule has 2 aromatic rings. The lowest BCUT2D eigenvalue weighted by atomic mass is 10.1. The predicted molar refractivity (Wildman–Crippen MR) is 108 cm³/mol. The van der Waals surface area contributed by atoms with Gasteiger partial charge in [0.2, 0.25) is 5.91 Å². The van der Waals surface area contributed by atoms with E-state index >= 15 is 0 Å². The smallest absolute Gasteiger partial charge is 0.307 e. The first-order valence-corrected chi connectivity index (χ1v) is 9.65. The molecule has 0 saturated heterocycles. The summed E-state index contributed by atoms with van der Waals surface area (Å²) in [6, 6.07) is 11.0. The maximum absolute atomic E-state index is 12.3. The molecular formula is C22H22N2O6. The van der Waals surface area contributed by atoms with Gasteiger partial charge in [-0.15, -0.1) is 0 Å². The minimum Gasteiger partial charge on any atom is -0.506 e. The number of carboxylic acid groups (broad SMARTS) is 1. The van der Waals surface area contributed by atoms with Crippen molar-refractivity contribution in [3.05, 3.63) is 59.2 Å². The lowest BCUT2D eigenvalue weighted by molar-refractivity contribution is -0.136. The third kappa shape index (κ3) is 4.83. The Morgan fingerprint density at radius 1 is 0.933 bits per heavy atom. The van der Waals surface area contributed by atoms with Crippen LogP contribution in [0.5, 0.6) is 5.75 Å². The van der Waals surface area contributed by atoms with Crippen molar-refractivity contribution < 1.29 is 29.4 Å². The van der Waals surface area contributed by atoms with Gasteiger partial charge in [-0.25, -0.2) is 0 Å². The van der Waals surface area contributed by atoms with Crippen LogP contribution < -0.4 is 5.32 Å². The average Bonchev–Trinajstić information content (AvgIpc) is 2.95. The Hall–Kier alpha value is -3.68. The summed E-state index contributed by atoms with van der Waals surface area (Å²) in [6.45, 7) is 0.298. The van der Waals surface area contributed by atoms with Gasteiger partial charge < -0.3 is 15.5 Å². The summed E-state index contributed by atoms with van der Waals surface area (Å²) in [6.07, 6.45) is 1.76. The van der Waals surface area contributed by atoms with Crippen LogP contribution in [0.1, 0.15) is 52.0 Å². The number of hydrogen-bond donors (Lipinski definition) is 3. The molecule has 8 nitrogen and oxygen atoms in total. The van der Waals surface area contributed by atoms with Gasteiger partial charge in [-0.2, -0.15) is 0 Å². The van der Waals surface area contributed by atoms with E-state index < -0.39 is 5.97 Å². The van der Waals surface area contributed by atoms with Crippen LogP contribution in [-0.4, -0.2) is 45.3 Å². The number of unbranched alkanes of at least 4 members (excludes halogenated alkanes) is 2. The van der Waals surface area contributed by atoms with Gasteiger partial charge in [0.1, 0.15) is 5.75 Å². The van der Waals surface area contributed by atoms with Crippen LogP contribution in [0.25, 0.3) is 0 Å². The number of hydrogen-bond acceptors (Lipinski definition) is 5. The summed E-state index contributed by atoms with van der Waals surface area (Å²) in [7, 11) is 0. The van der Waals surface area contributed by atoms with Crippen molar-refractivity contribution in [3.8, 4) is 5.75 Å². The molecule has 0 atom stereocenters. The molecular weight excluding hydrogens is 388 g/mol. The molecule has 8 heteroatoms. The van der Waals surface area contributed by atoms with E-state index in [1.165, 1.54) is 23.1 Å². The van der Waals surface area contributed by atoms with Crippen LogP contribution in [0.3, 0.4) is 0 Å². The molecule has 3 amide bonds. The highest BCUT2D eigenvalue weighted by atomic mass is 16.4. The van der Waals surface area contributed by atoms with Crippen molar-refractivity contribution >= 4 is 29.4 Å². The number of aromatic hydroxyl groups is 1. The first-order chi connectivity index (χ1) is 14.4. The molecule has 30 heavy (non-hydrogen) atoms. The molecule has 0 aromatic heterocycles. The Morgan fingerprint density at radius 3 is 2.23 bits per heavy atom. The van der Waals surface area contributed by atoms with E-state index in [0.29, 0.717) is 42.5 Å². The van der Waals surface area contributed by atoms with Gasteiger partial charge in [0.15, 0.2) is 0 Å². The zero-order valence-corrected chi connectivity index (χ0v) is 16.3. The maximum Gasteiger partial charge on any atom is 0.307 e. The van der Waals surface area contributed by atoms with Crippen LogP contribution in [0, 0.1) is 0 Å². The summed E-state index contributed by atoms with van der Waals surface area (Å²) in [5.41, 5.74) is 1.49. The lowest BCUT2D eigenvalue weighted by Crippen LogP contribution is -2.30. The van der Waals surface area contributed by atoms with Gasteiger partial charge in [0, 0.05) is 13.0 Å². The molecule has 3 rings (SSSR count). The fraction of sp³-hybridized carbons (Fsp3) is 0.273. The number of carbonyl (C=O) groups excluding carboxylic acids is 3. The van der Waals surface area contributed by atoms with Crippen LogP contribution in [0.15, 0.2) is 42.5 Å². The van der Waals surface area contributed by atoms with Crippen molar-refractivity contribution in [2.24, 2.45) is 0 Å². The summed E-state index contributed by atoms with van der Waals surface area (Å²) >= 11 is 0. The van der Waals surface area contributed by atoms with E-state index in [9.17, 15) is 24.3 Å². The van der Waals surface area contributed by atoms with Crippen molar-refractivity contribution in [2.45, 2.75) is 32.1 Å². The van der Waals surface area contributed by atoms with E-state index in [0.717, 1.165) is 0 Å². The Balaban J connectivity index is 1.42. The fourth-order valence-electron chi connectivity index (χ4n) is 3.36. The second-order valence-corrected chi connectivity index (χ2v) is 7.09. The number of phenols is 1. The zero-order valence-electron chi connectivity index (χ0n) is 16.3. The van der Waals surface area contributed by atoms with E-state index in [1.54, 1.807) is 24.3 Å². The van der Waals surface area contributed by atoms with Gasteiger partial charge in [0.05, 0.1) is 23.2 Å². The minimum absolute atomic E-state index is 0.136. The van der Waals surface area contributed by atoms with E-state index in [2.05, 4.69) is 5.32 Å². The van der Waals surface area contributed by atoms with Gasteiger partial charge in [-0.05, 0) is 42.7 Å². The molecule has 0 aliphatic carbocycles. The number of nitrogens with one attached hydrogen (secondary N) is 1. The molecule has 0 unspecified atom stereocenters. The topological polar surface area (TPSA) is 124 Å². The summed E-state index contributed by atoms with van der Waals surface area (Å²) in [5, 5.41) is 21.3. The zero-order chi connectivity index (χ0) is 21.7. The molecule has 0 saturated carbocycles. The second kappa shape index (κ2) is 9.21. The number of phenolic OH excluding ortho intramolecular Hbond substituents is 1. The number of rotatable bonds is 9. The molecule has 0 radical (unpaired) electrons. The Morgan fingerprint density at radius 2 is 1.60 bits per heavy atom. The van der Waals surface area contributed by atoms with E-state index in [-0.39, 0.29) is 42.0 Å². The summed E-state index contributed by atoms with van der Waals surface area (Å²) < 4.78 is 0. The molecule has 1 aliphatic rings. The normalized spacial score (nSPS) is 12.7. The Labute approximate surface area is 173 Å². The second-order valence-electron chi connectivity index (χ2n) is 7.09. The van der Waals surface area contributed by atoms with Gasteiger partial charge in [-0.3, -0.25) is 24.1 Å².